The molecule has 0 aliphatic heterocycles. The van der Waals surface area contributed by atoms with Crippen LogP contribution >= 0.6 is 11.6 Å². The number of hydrogen-bond acceptors (Lipinski definition) is 11. The first-order valence-electron chi connectivity index (χ1n) is 17.1. The van der Waals surface area contributed by atoms with Crippen molar-refractivity contribution in [2.75, 3.05) is 26.4 Å². The van der Waals surface area contributed by atoms with Gasteiger partial charge in [-0.05, 0) is 123 Å². The molecule has 4 aromatic rings. The molecule has 4 aromatic carbocycles. The Bertz CT molecular complexity index is 1940. The van der Waals surface area contributed by atoms with Gasteiger partial charge in [0.2, 0.25) is 0 Å². The fraction of sp³-hybridized carbons (Fsp3) is 0.214. The van der Waals surface area contributed by atoms with Crippen LogP contribution in [0.15, 0.2) is 115 Å². The van der Waals surface area contributed by atoms with Crippen molar-refractivity contribution in [1.82, 2.24) is 0 Å². The number of benzene rings is 4. The molecule has 0 spiro atoms. The zero-order valence-electron chi connectivity index (χ0n) is 29.8. The average molecular weight is 754 g/mol. The smallest absolute Gasteiger partial charge is 0.343 e. The lowest BCUT2D eigenvalue weighted by Gasteiger charge is -2.10. The fourth-order valence-corrected chi connectivity index (χ4v) is 4.78. The highest BCUT2D eigenvalue weighted by atomic mass is 35.5. The number of carbonyl (C=O) groups excluding carboxylic acids is 4. The summed E-state index contributed by atoms with van der Waals surface area (Å²) in [6.07, 6.45) is 6.56. The van der Waals surface area contributed by atoms with Crippen molar-refractivity contribution in [2.45, 2.75) is 32.6 Å². The van der Waals surface area contributed by atoms with Crippen molar-refractivity contribution in [3.63, 3.8) is 0 Å². The summed E-state index contributed by atoms with van der Waals surface area (Å²) in [6.45, 7) is 9.95. The molecule has 0 saturated carbocycles. The molecule has 0 aliphatic rings. The number of carbonyl (C=O) groups is 4. The lowest BCUT2D eigenvalue weighted by molar-refractivity contribution is -0.138. The van der Waals surface area contributed by atoms with Gasteiger partial charge in [-0.2, -0.15) is 0 Å². The van der Waals surface area contributed by atoms with Crippen LogP contribution in [-0.4, -0.2) is 56.5 Å². The van der Waals surface area contributed by atoms with Gasteiger partial charge in [-0.25, -0.2) is 19.2 Å². The molecule has 0 aliphatic carbocycles. The molecule has 0 radical (unpaired) electrons. The summed E-state index contributed by atoms with van der Waals surface area (Å²) in [4.78, 5) is 52.1. The van der Waals surface area contributed by atoms with Gasteiger partial charge in [-0.3, -0.25) is 4.99 Å². The molecule has 280 valence electrons. The monoisotopic (exact) mass is 753 g/mol. The van der Waals surface area contributed by atoms with Crippen molar-refractivity contribution >= 4 is 47.4 Å². The van der Waals surface area contributed by atoms with E-state index >= 15 is 0 Å². The van der Waals surface area contributed by atoms with Crippen LogP contribution in [-0.2, 0) is 19.1 Å². The van der Waals surface area contributed by atoms with Crippen LogP contribution in [0.5, 0.6) is 23.0 Å². The Kier molecular flexibility index (Phi) is 16.0. The molecule has 4 rings (SSSR count). The summed E-state index contributed by atoms with van der Waals surface area (Å²) < 4.78 is 32.3. The van der Waals surface area contributed by atoms with E-state index in [1.165, 1.54) is 0 Å². The lowest BCUT2D eigenvalue weighted by atomic mass is 10.2. The highest BCUT2D eigenvalue weighted by Crippen LogP contribution is 2.33. The quantitative estimate of drug-likeness (QED) is 0.0284. The molecular weight excluding hydrogens is 714 g/mol. The number of aryl methyl sites for hydroxylation is 1. The number of esters is 4. The van der Waals surface area contributed by atoms with Gasteiger partial charge >= 0.3 is 23.9 Å². The minimum absolute atomic E-state index is 0.288. The first-order valence-corrected chi connectivity index (χ1v) is 17.5. The molecular formula is C42H40ClNO10. The predicted octanol–water partition coefficient (Wildman–Crippen LogP) is 8.61. The first kappa shape index (κ1) is 40.6. The van der Waals surface area contributed by atoms with Crippen molar-refractivity contribution in [2.24, 2.45) is 4.99 Å². The number of rotatable bonds is 20. The summed E-state index contributed by atoms with van der Waals surface area (Å²) in [5.74, 6) is -0.115. The Morgan fingerprint density at radius 3 is 1.59 bits per heavy atom. The van der Waals surface area contributed by atoms with E-state index in [0.717, 1.165) is 17.7 Å². The van der Waals surface area contributed by atoms with Crippen LogP contribution < -0.4 is 18.9 Å². The molecule has 12 heteroatoms. The van der Waals surface area contributed by atoms with Crippen molar-refractivity contribution in [3.8, 4) is 23.0 Å². The fourth-order valence-electron chi connectivity index (χ4n) is 4.57. The second kappa shape index (κ2) is 21.4. The Balaban J connectivity index is 1.22. The van der Waals surface area contributed by atoms with Gasteiger partial charge in [0.05, 0.1) is 48.3 Å². The SMILES string of the molecule is C=CC(=O)OCCCCOc1ccc(C(=O)Oc2ccc(C=Nc3cc(C)c(OC(=O)c4ccc(OCCCCOC(=O)C=C)cc4)cc3Cl)cc2)cc1. The Morgan fingerprint density at radius 1 is 0.630 bits per heavy atom. The molecule has 0 aromatic heterocycles. The number of aliphatic imine (C=N–C) groups is 1. The summed E-state index contributed by atoms with van der Waals surface area (Å²) in [5, 5.41) is 0.288. The number of halogens is 1. The third kappa shape index (κ3) is 13.4. The van der Waals surface area contributed by atoms with Crippen molar-refractivity contribution in [1.29, 1.82) is 0 Å². The standard InChI is InChI=1S/C42H40ClNO10/c1-4-39(45)51-24-8-6-22-49-33-18-12-31(13-19-33)41(47)53-35-16-10-30(11-17-35)28-44-37-26-29(3)38(27-36(37)43)54-42(48)32-14-20-34(21-15-32)50-23-7-9-25-52-40(46)5-2/h4-5,10-21,26-28H,1-2,6-9,22-25H2,3H3. The Hall–Kier alpha value is -6.20. The van der Waals surface area contributed by atoms with Gasteiger partial charge < -0.3 is 28.4 Å². The van der Waals surface area contributed by atoms with E-state index in [2.05, 4.69) is 18.2 Å². The van der Waals surface area contributed by atoms with E-state index < -0.39 is 23.9 Å². The Labute approximate surface area is 318 Å². The van der Waals surface area contributed by atoms with Crippen molar-refractivity contribution < 1.29 is 47.6 Å². The molecule has 0 fully saturated rings. The van der Waals surface area contributed by atoms with Gasteiger partial charge in [-0.15, -0.1) is 0 Å². The molecule has 0 bridgehead atoms. The van der Waals surface area contributed by atoms with Gasteiger partial charge in [0.25, 0.3) is 0 Å². The zero-order valence-corrected chi connectivity index (χ0v) is 30.5. The zero-order chi connectivity index (χ0) is 38.7. The van der Waals surface area contributed by atoms with Crippen LogP contribution in [0.4, 0.5) is 5.69 Å². The van der Waals surface area contributed by atoms with E-state index in [4.69, 9.17) is 40.0 Å². The number of nitrogens with zero attached hydrogens (tertiary/aromatic N) is 1. The molecule has 0 saturated heterocycles. The van der Waals surface area contributed by atoms with Crippen LogP contribution in [0.25, 0.3) is 0 Å². The highest BCUT2D eigenvalue weighted by Gasteiger charge is 2.14. The second-order valence-corrected chi connectivity index (χ2v) is 12.0. The van der Waals surface area contributed by atoms with Crippen LogP contribution in [0.2, 0.25) is 5.02 Å². The lowest BCUT2D eigenvalue weighted by Crippen LogP contribution is -2.09. The third-order valence-electron chi connectivity index (χ3n) is 7.51. The number of ether oxygens (including phenoxy) is 6. The van der Waals surface area contributed by atoms with E-state index in [-0.39, 0.29) is 5.02 Å². The summed E-state index contributed by atoms with van der Waals surface area (Å²) >= 11 is 6.50. The van der Waals surface area contributed by atoms with Crippen LogP contribution in [0.3, 0.4) is 0 Å². The van der Waals surface area contributed by atoms with Crippen LogP contribution in [0.1, 0.15) is 57.5 Å². The minimum atomic E-state index is -0.554. The molecule has 0 unspecified atom stereocenters. The number of unbranched alkanes of at least 4 members (excludes halogenated alkanes) is 2. The largest absolute Gasteiger partial charge is 0.494 e. The predicted molar refractivity (Wildman–Crippen MR) is 204 cm³/mol. The molecule has 0 N–H and O–H groups in total. The first-order chi connectivity index (χ1) is 26.1. The Morgan fingerprint density at radius 2 is 1.09 bits per heavy atom. The average Bonchev–Trinajstić information content (AvgIpc) is 3.18. The highest BCUT2D eigenvalue weighted by molar-refractivity contribution is 6.33. The molecule has 0 amide bonds. The van der Waals surface area contributed by atoms with E-state index in [1.807, 2.05) is 0 Å². The summed E-state index contributed by atoms with van der Waals surface area (Å²) in [6, 6.07) is 23.3. The summed E-state index contributed by atoms with van der Waals surface area (Å²) in [7, 11) is 0. The molecule has 54 heavy (non-hydrogen) atoms. The molecule has 0 atom stereocenters. The van der Waals surface area contributed by atoms with E-state index in [9.17, 15) is 19.2 Å². The third-order valence-corrected chi connectivity index (χ3v) is 7.81. The van der Waals surface area contributed by atoms with Gasteiger partial charge in [0.15, 0.2) is 0 Å². The molecule has 0 heterocycles. The number of hydrogen-bond donors (Lipinski definition) is 0. The summed E-state index contributed by atoms with van der Waals surface area (Å²) in [5.41, 5.74) is 2.57. The second-order valence-electron chi connectivity index (χ2n) is 11.6. The molecule has 11 nitrogen and oxygen atoms in total. The van der Waals surface area contributed by atoms with Gasteiger partial charge in [0, 0.05) is 24.4 Å². The van der Waals surface area contributed by atoms with Crippen molar-refractivity contribution in [3.05, 3.63) is 138 Å². The maximum Gasteiger partial charge on any atom is 0.343 e. The van der Waals surface area contributed by atoms with Gasteiger partial charge in [-0.1, -0.05) is 24.8 Å². The van der Waals surface area contributed by atoms with E-state index in [0.29, 0.717) is 97.5 Å². The minimum Gasteiger partial charge on any atom is -0.494 e. The maximum atomic E-state index is 12.8. The van der Waals surface area contributed by atoms with Gasteiger partial charge in [0.1, 0.15) is 23.0 Å². The normalized spacial score (nSPS) is 10.6. The maximum absolute atomic E-state index is 12.8. The topological polar surface area (TPSA) is 136 Å². The van der Waals surface area contributed by atoms with Crippen LogP contribution in [0, 0.1) is 6.92 Å². The van der Waals surface area contributed by atoms with E-state index in [1.54, 1.807) is 98.1 Å².